The molecule has 0 heterocycles. The fraction of sp³-hybridized carbons (Fsp3) is 0.176. The van der Waals surface area contributed by atoms with Crippen molar-refractivity contribution in [1.29, 1.82) is 0 Å². The summed E-state index contributed by atoms with van der Waals surface area (Å²) in [6.45, 7) is 1.32. The van der Waals surface area contributed by atoms with Gasteiger partial charge in [-0.2, -0.15) is 0 Å². The lowest BCUT2D eigenvalue weighted by Crippen LogP contribution is -2.18. The number of carbonyl (C=O) groups is 2. The molecule has 2 rings (SSSR count). The lowest BCUT2D eigenvalue weighted by molar-refractivity contribution is -0.114. The van der Waals surface area contributed by atoms with Gasteiger partial charge >= 0.3 is 0 Å². The molecule has 0 atom stereocenters. The summed E-state index contributed by atoms with van der Waals surface area (Å²) in [5.41, 5.74) is 0.836. The maximum absolute atomic E-state index is 12.7. The minimum atomic E-state index is -3.61. The van der Waals surface area contributed by atoms with Gasteiger partial charge in [0.1, 0.15) is 5.75 Å². The van der Waals surface area contributed by atoms with Gasteiger partial charge in [-0.15, -0.1) is 0 Å². The fourth-order valence-corrected chi connectivity index (χ4v) is 3.08. The number of ether oxygens (including phenoxy) is 1. The quantitative estimate of drug-likeness (QED) is 0.676. The molecule has 3 N–H and O–H groups in total. The van der Waals surface area contributed by atoms with Crippen molar-refractivity contribution < 1.29 is 22.7 Å². The Morgan fingerprint density at radius 1 is 1.04 bits per heavy atom. The first-order valence-corrected chi connectivity index (χ1v) is 9.90. The first kappa shape index (κ1) is 20.5. The van der Waals surface area contributed by atoms with E-state index in [0.717, 1.165) is 6.26 Å². The summed E-state index contributed by atoms with van der Waals surface area (Å²) >= 11 is 6.04. The molecule has 0 spiro atoms. The van der Waals surface area contributed by atoms with E-state index in [2.05, 4.69) is 15.4 Å². The van der Waals surface area contributed by atoms with Gasteiger partial charge < -0.3 is 15.4 Å². The highest BCUT2D eigenvalue weighted by Crippen LogP contribution is 2.28. The Balaban J connectivity index is 2.38. The van der Waals surface area contributed by atoms with E-state index in [1.807, 2.05) is 0 Å². The van der Waals surface area contributed by atoms with E-state index in [1.165, 1.54) is 38.3 Å². The van der Waals surface area contributed by atoms with E-state index >= 15 is 0 Å². The Bertz CT molecular complexity index is 992. The Labute approximate surface area is 161 Å². The van der Waals surface area contributed by atoms with Crippen LogP contribution in [-0.2, 0) is 14.8 Å². The Hall–Kier alpha value is -2.78. The molecule has 0 fully saturated rings. The second kappa shape index (κ2) is 8.28. The van der Waals surface area contributed by atoms with Gasteiger partial charge in [0.05, 0.1) is 29.6 Å². The van der Waals surface area contributed by atoms with Crippen LogP contribution < -0.4 is 20.1 Å². The molecule has 2 aromatic carbocycles. The van der Waals surface area contributed by atoms with Crippen LogP contribution in [0.1, 0.15) is 17.3 Å². The number of hydrogen-bond acceptors (Lipinski definition) is 5. The summed E-state index contributed by atoms with van der Waals surface area (Å²) in [5, 5.41) is 5.48. The molecular weight excluding hydrogens is 394 g/mol. The highest BCUT2D eigenvalue weighted by atomic mass is 35.5. The van der Waals surface area contributed by atoms with Crippen molar-refractivity contribution in [2.75, 3.05) is 28.7 Å². The highest BCUT2D eigenvalue weighted by Gasteiger charge is 2.16. The monoisotopic (exact) mass is 411 g/mol. The molecule has 0 bridgehead atoms. The van der Waals surface area contributed by atoms with Gasteiger partial charge in [-0.05, 0) is 36.4 Å². The number of halogens is 1. The van der Waals surface area contributed by atoms with Crippen LogP contribution in [0.15, 0.2) is 36.4 Å². The van der Waals surface area contributed by atoms with Crippen molar-refractivity contribution in [3.05, 3.63) is 47.0 Å². The van der Waals surface area contributed by atoms with E-state index in [0.29, 0.717) is 22.1 Å². The minimum absolute atomic E-state index is 0.0265. The summed E-state index contributed by atoms with van der Waals surface area (Å²) in [6.07, 6.45) is 0.972. The lowest BCUT2D eigenvalue weighted by Gasteiger charge is -2.14. The number of sulfonamides is 1. The van der Waals surface area contributed by atoms with Crippen LogP contribution in [0.4, 0.5) is 17.1 Å². The van der Waals surface area contributed by atoms with Gasteiger partial charge in [0.15, 0.2) is 0 Å². The molecule has 144 valence electrons. The lowest BCUT2D eigenvalue weighted by atomic mass is 10.1. The number of anilines is 3. The first-order valence-electron chi connectivity index (χ1n) is 7.63. The fourth-order valence-electron chi connectivity index (χ4n) is 2.24. The topological polar surface area (TPSA) is 114 Å². The Morgan fingerprint density at radius 3 is 2.22 bits per heavy atom. The van der Waals surface area contributed by atoms with Crippen LogP contribution >= 0.6 is 11.6 Å². The van der Waals surface area contributed by atoms with E-state index < -0.39 is 15.9 Å². The van der Waals surface area contributed by atoms with E-state index in [4.69, 9.17) is 16.3 Å². The van der Waals surface area contributed by atoms with Gasteiger partial charge in [0.2, 0.25) is 15.9 Å². The number of hydrogen-bond donors (Lipinski definition) is 3. The van der Waals surface area contributed by atoms with Crippen LogP contribution in [0.2, 0.25) is 5.02 Å². The molecule has 0 saturated carbocycles. The normalized spacial score (nSPS) is 10.8. The third-order valence-corrected chi connectivity index (χ3v) is 4.18. The smallest absolute Gasteiger partial charge is 0.257 e. The van der Waals surface area contributed by atoms with Crippen LogP contribution in [0.25, 0.3) is 0 Å². The SMILES string of the molecule is COc1ccc(NC(=O)c2cc(NC(C)=O)ccc2NS(C)(=O)=O)cc1Cl. The average Bonchev–Trinajstić information content (AvgIpc) is 2.54. The van der Waals surface area contributed by atoms with Gasteiger partial charge in [-0.25, -0.2) is 8.42 Å². The summed E-state index contributed by atoms with van der Waals surface area (Å²) in [5.74, 6) is -0.469. The van der Waals surface area contributed by atoms with Crippen molar-refractivity contribution in [1.82, 2.24) is 0 Å². The largest absolute Gasteiger partial charge is 0.495 e. The van der Waals surface area contributed by atoms with E-state index in [-0.39, 0.29) is 17.2 Å². The first-order chi connectivity index (χ1) is 12.6. The van der Waals surface area contributed by atoms with Crippen molar-refractivity contribution in [3.8, 4) is 5.75 Å². The van der Waals surface area contributed by atoms with E-state index in [1.54, 1.807) is 12.1 Å². The van der Waals surface area contributed by atoms with Gasteiger partial charge in [0.25, 0.3) is 5.91 Å². The summed E-state index contributed by atoms with van der Waals surface area (Å²) in [6, 6.07) is 8.92. The van der Waals surface area contributed by atoms with Crippen LogP contribution in [0.3, 0.4) is 0 Å². The zero-order valence-electron chi connectivity index (χ0n) is 14.8. The molecule has 0 aliphatic heterocycles. The molecule has 10 heteroatoms. The predicted octanol–water partition coefficient (Wildman–Crippen LogP) is 2.93. The van der Waals surface area contributed by atoms with Gasteiger partial charge in [-0.1, -0.05) is 11.6 Å². The summed E-state index contributed by atoms with van der Waals surface area (Å²) in [4.78, 5) is 23.9. The average molecular weight is 412 g/mol. The molecule has 0 saturated heterocycles. The molecule has 0 unspecified atom stereocenters. The molecule has 2 amide bonds. The van der Waals surface area contributed by atoms with E-state index in [9.17, 15) is 18.0 Å². The predicted molar refractivity (Wildman–Crippen MR) is 105 cm³/mol. The molecule has 0 aromatic heterocycles. The molecular formula is C17H18ClN3O5S. The molecule has 2 aromatic rings. The highest BCUT2D eigenvalue weighted by molar-refractivity contribution is 7.92. The van der Waals surface area contributed by atoms with Crippen molar-refractivity contribution >= 4 is 50.5 Å². The van der Waals surface area contributed by atoms with Crippen molar-refractivity contribution in [2.45, 2.75) is 6.92 Å². The van der Waals surface area contributed by atoms with Gasteiger partial charge in [-0.3, -0.25) is 14.3 Å². The number of nitrogens with one attached hydrogen (secondary N) is 3. The maximum atomic E-state index is 12.7. The summed E-state index contributed by atoms with van der Waals surface area (Å²) in [7, 11) is -2.14. The second-order valence-electron chi connectivity index (χ2n) is 5.62. The summed E-state index contributed by atoms with van der Waals surface area (Å²) < 4.78 is 30.5. The van der Waals surface area contributed by atoms with Crippen molar-refractivity contribution in [3.63, 3.8) is 0 Å². The zero-order chi connectivity index (χ0) is 20.2. The molecule has 0 aliphatic carbocycles. The maximum Gasteiger partial charge on any atom is 0.257 e. The number of amides is 2. The van der Waals surface area contributed by atoms with Gasteiger partial charge in [0, 0.05) is 18.3 Å². The second-order valence-corrected chi connectivity index (χ2v) is 7.77. The molecule has 0 radical (unpaired) electrons. The van der Waals surface area contributed by atoms with Crippen LogP contribution in [0, 0.1) is 0 Å². The standard InChI is InChI=1S/C17H18ClN3O5S/c1-10(22)19-11-4-6-15(21-27(3,24)25)13(8-11)17(23)20-12-5-7-16(26-2)14(18)9-12/h4-9,21H,1-3H3,(H,19,22)(H,20,23). The Kier molecular flexibility index (Phi) is 6.29. The van der Waals surface area contributed by atoms with Crippen LogP contribution in [-0.4, -0.2) is 33.6 Å². The number of rotatable bonds is 6. The number of methoxy groups -OCH3 is 1. The number of benzene rings is 2. The third-order valence-electron chi connectivity index (χ3n) is 3.29. The molecule has 27 heavy (non-hydrogen) atoms. The third kappa shape index (κ3) is 5.87. The van der Waals surface area contributed by atoms with Crippen molar-refractivity contribution in [2.24, 2.45) is 0 Å². The molecule has 0 aliphatic rings. The molecule has 8 nitrogen and oxygen atoms in total. The zero-order valence-corrected chi connectivity index (χ0v) is 16.4. The minimum Gasteiger partial charge on any atom is -0.495 e. The number of carbonyl (C=O) groups excluding carboxylic acids is 2. The van der Waals surface area contributed by atoms with Crippen LogP contribution in [0.5, 0.6) is 5.75 Å². The Morgan fingerprint density at radius 2 is 1.67 bits per heavy atom.